The molecule has 4 nitrogen and oxygen atoms in total. The Morgan fingerprint density at radius 3 is 3.00 bits per heavy atom. The number of nitrogens with zero attached hydrogens (tertiary/aromatic N) is 1. The minimum absolute atomic E-state index is 0.0660. The summed E-state index contributed by atoms with van der Waals surface area (Å²) in [6.07, 6.45) is 2.30. The fourth-order valence-corrected chi connectivity index (χ4v) is 2.49. The number of para-hydroxylation sites is 1. The maximum Gasteiger partial charge on any atom is 0.254 e. The third kappa shape index (κ3) is 2.47. The number of benzene rings is 1. The number of ether oxygens (including phenoxy) is 1. The number of fused-ring (bicyclic) bond motifs is 1. The van der Waals surface area contributed by atoms with Gasteiger partial charge in [0.05, 0.1) is 18.2 Å². The van der Waals surface area contributed by atoms with Crippen molar-refractivity contribution >= 4 is 17.5 Å². The van der Waals surface area contributed by atoms with E-state index in [-0.39, 0.29) is 17.1 Å². The molecule has 1 aromatic heterocycles. The third-order valence-electron chi connectivity index (χ3n) is 3.27. The summed E-state index contributed by atoms with van der Waals surface area (Å²) in [6, 6.07) is 11.0. The van der Waals surface area contributed by atoms with E-state index in [2.05, 4.69) is 10.3 Å². The first-order valence-corrected chi connectivity index (χ1v) is 6.76. The number of aromatic nitrogens is 1. The van der Waals surface area contributed by atoms with Gasteiger partial charge in [0, 0.05) is 18.2 Å². The largest absolute Gasteiger partial charge is 0.493 e. The van der Waals surface area contributed by atoms with Crippen LogP contribution in [-0.2, 0) is 0 Å². The Labute approximate surface area is 121 Å². The van der Waals surface area contributed by atoms with Gasteiger partial charge in [0.2, 0.25) is 0 Å². The van der Waals surface area contributed by atoms with Crippen LogP contribution in [0.1, 0.15) is 28.4 Å². The van der Waals surface area contributed by atoms with Gasteiger partial charge in [-0.2, -0.15) is 0 Å². The number of amides is 1. The average molecular weight is 289 g/mol. The maximum atomic E-state index is 12.3. The fourth-order valence-electron chi connectivity index (χ4n) is 2.28. The molecule has 0 radical (unpaired) electrons. The van der Waals surface area contributed by atoms with Crippen LogP contribution in [0.5, 0.6) is 5.75 Å². The van der Waals surface area contributed by atoms with Gasteiger partial charge in [0.1, 0.15) is 10.9 Å². The molecule has 2 aromatic rings. The van der Waals surface area contributed by atoms with Crippen LogP contribution in [0.15, 0.2) is 42.6 Å². The third-order valence-corrected chi connectivity index (χ3v) is 3.57. The van der Waals surface area contributed by atoms with Gasteiger partial charge in [0.15, 0.2) is 0 Å². The summed E-state index contributed by atoms with van der Waals surface area (Å²) in [7, 11) is 0. The van der Waals surface area contributed by atoms with Gasteiger partial charge in [0.25, 0.3) is 5.91 Å². The van der Waals surface area contributed by atoms with Crippen molar-refractivity contribution in [3.05, 3.63) is 58.9 Å². The molecule has 20 heavy (non-hydrogen) atoms. The first-order chi connectivity index (χ1) is 9.75. The molecule has 5 heteroatoms. The zero-order valence-corrected chi connectivity index (χ0v) is 11.4. The molecule has 0 fully saturated rings. The molecule has 1 aromatic carbocycles. The molecule has 0 bridgehead atoms. The second-order valence-electron chi connectivity index (χ2n) is 4.54. The Morgan fingerprint density at radius 1 is 1.30 bits per heavy atom. The van der Waals surface area contributed by atoms with Crippen molar-refractivity contribution in [2.75, 3.05) is 6.61 Å². The van der Waals surface area contributed by atoms with Gasteiger partial charge in [-0.05, 0) is 18.2 Å². The lowest BCUT2D eigenvalue weighted by Crippen LogP contribution is -2.32. The summed E-state index contributed by atoms with van der Waals surface area (Å²) in [5.74, 6) is 0.603. The highest BCUT2D eigenvalue weighted by Gasteiger charge is 2.23. The molecule has 0 unspecified atom stereocenters. The number of nitrogens with one attached hydrogen (secondary N) is 1. The molecular weight excluding hydrogens is 276 g/mol. The van der Waals surface area contributed by atoms with Crippen LogP contribution in [-0.4, -0.2) is 17.5 Å². The molecule has 3 rings (SSSR count). The zero-order valence-electron chi connectivity index (χ0n) is 10.7. The van der Waals surface area contributed by atoms with E-state index in [1.54, 1.807) is 18.3 Å². The molecule has 0 saturated carbocycles. The minimum atomic E-state index is -0.218. The molecule has 1 amide bonds. The monoisotopic (exact) mass is 288 g/mol. The Bertz CT molecular complexity index is 645. The second kappa shape index (κ2) is 5.51. The standard InChI is InChI=1S/C15H13ClN2O2/c16-14-11(5-3-8-17-14)15(19)18-12-7-9-20-13-6-2-1-4-10(12)13/h1-6,8,12H,7,9H2,(H,18,19)/t12-/m0/s1. The van der Waals surface area contributed by atoms with Crippen LogP contribution in [0.25, 0.3) is 0 Å². The summed E-state index contributed by atoms with van der Waals surface area (Å²) in [5.41, 5.74) is 1.38. The predicted molar refractivity (Wildman–Crippen MR) is 76.0 cm³/mol. The van der Waals surface area contributed by atoms with Crippen molar-refractivity contribution in [3.63, 3.8) is 0 Å². The first kappa shape index (κ1) is 12.9. The molecule has 1 aliphatic rings. The maximum absolute atomic E-state index is 12.3. The van der Waals surface area contributed by atoms with E-state index in [9.17, 15) is 4.79 Å². The molecule has 1 atom stereocenters. The Hall–Kier alpha value is -2.07. The normalized spacial score (nSPS) is 16.9. The number of halogens is 1. The molecule has 1 aliphatic heterocycles. The minimum Gasteiger partial charge on any atom is -0.493 e. The van der Waals surface area contributed by atoms with E-state index in [0.717, 1.165) is 17.7 Å². The lowest BCUT2D eigenvalue weighted by atomic mass is 10.0. The Kier molecular flexibility index (Phi) is 3.56. The fraction of sp³-hybridized carbons (Fsp3) is 0.200. The zero-order chi connectivity index (χ0) is 13.9. The van der Waals surface area contributed by atoms with Crippen molar-refractivity contribution in [2.24, 2.45) is 0 Å². The molecule has 0 aliphatic carbocycles. The van der Waals surface area contributed by atoms with E-state index in [1.807, 2.05) is 24.3 Å². The van der Waals surface area contributed by atoms with Gasteiger partial charge in [-0.25, -0.2) is 4.98 Å². The van der Waals surface area contributed by atoms with E-state index < -0.39 is 0 Å². The SMILES string of the molecule is O=C(N[C@H]1CCOc2ccccc21)c1cccnc1Cl. The number of carbonyl (C=O) groups excluding carboxylic acids is 1. The van der Waals surface area contributed by atoms with Gasteiger partial charge < -0.3 is 10.1 Å². The van der Waals surface area contributed by atoms with Crippen LogP contribution in [0.2, 0.25) is 5.15 Å². The Balaban J connectivity index is 1.83. The summed E-state index contributed by atoms with van der Waals surface area (Å²) in [5, 5.41) is 3.20. The molecule has 102 valence electrons. The molecule has 0 saturated heterocycles. The van der Waals surface area contributed by atoms with Crippen molar-refractivity contribution in [3.8, 4) is 5.75 Å². The summed E-state index contributed by atoms with van der Waals surface area (Å²) in [6.45, 7) is 0.586. The molecule has 2 heterocycles. The van der Waals surface area contributed by atoms with Gasteiger partial charge in [-0.3, -0.25) is 4.79 Å². The summed E-state index contributed by atoms with van der Waals surface area (Å²) in [4.78, 5) is 16.2. The van der Waals surface area contributed by atoms with Crippen LogP contribution >= 0.6 is 11.6 Å². The highest BCUT2D eigenvalue weighted by Crippen LogP contribution is 2.31. The van der Waals surface area contributed by atoms with Crippen molar-refractivity contribution in [1.29, 1.82) is 0 Å². The van der Waals surface area contributed by atoms with Gasteiger partial charge >= 0.3 is 0 Å². The smallest absolute Gasteiger partial charge is 0.254 e. The first-order valence-electron chi connectivity index (χ1n) is 6.39. The van der Waals surface area contributed by atoms with Gasteiger partial charge in [-0.1, -0.05) is 29.8 Å². The highest BCUT2D eigenvalue weighted by molar-refractivity contribution is 6.32. The van der Waals surface area contributed by atoms with Crippen LogP contribution in [0, 0.1) is 0 Å². The quantitative estimate of drug-likeness (QED) is 0.864. The molecule has 1 N–H and O–H groups in total. The van der Waals surface area contributed by atoms with E-state index >= 15 is 0 Å². The second-order valence-corrected chi connectivity index (χ2v) is 4.90. The molecular formula is C15H13ClN2O2. The molecule has 0 spiro atoms. The van der Waals surface area contributed by atoms with Crippen molar-refractivity contribution < 1.29 is 9.53 Å². The number of rotatable bonds is 2. The van der Waals surface area contributed by atoms with Crippen molar-refractivity contribution in [1.82, 2.24) is 10.3 Å². The number of carbonyl (C=O) groups is 1. The van der Waals surface area contributed by atoms with Crippen LogP contribution in [0.3, 0.4) is 0 Å². The summed E-state index contributed by atoms with van der Waals surface area (Å²) >= 11 is 5.94. The number of pyridine rings is 1. The topological polar surface area (TPSA) is 51.2 Å². The summed E-state index contributed by atoms with van der Waals surface area (Å²) < 4.78 is 5.57. The lowest BCUT2D eigenvalue weighted by Gasteiger charge is -2.26. The van der Waals surface area contributed by atoms with Crippen molar-refractivity contribution in [2.45, 2.75) is 12.5 Å². The van der Waals surface area contributed by atoms with Gasteiger partial charge in [-0.15, -0.1) is 0 Å². The van der Waals surface area contributed by atoms with Crippen LogP contribution in [0.4, 0.5) is 0 Å². The van der Waals surface area contributed by atoms with E-state index in [0.29, 0.717) is 12.2 Å². The number of hydrogen-bond donors (Lipinski definition) is 1. The predicted octanol–water partition coefficient (Wildman–Crippen LogP) is 2.99. The average Bonchev–Trinajstić information content (AvgIpc) is 2.48. The van der Waals surface area contributed by atoms with E-state index in [4.69, 9.17) is 16.3 Å². The number of hydrogen-bond acceptors (Lipinski definition) is 3. The lowest BCUT2D eigenvalue weighted by molar-refractivity contribution is 0.0924. The van der Waals surface area contributed by atoms with Crippen LogP contribution < -0.4 is 10.1 Å². The highest BCUT2D eigenvalue weighted by atomic mass is 35.5. The Morgan fingerprint density at radius 2 is 2.15 bits per heavy atom. The van der Waals surface area contributed by atoms with E-state index in [1.165, 1.54) is 0 Å².